The van der Waals surface area contributed by atoms with Crippen LogP contribution in [-0.4, -0.2) is 57.3 Å². The molecule has 0 radical (unpaired) electrons. The van der Waals surface area contributed by atoms with Crippen LogP contribution in [0.3, 0.4) is 0 Å². The zero-order valence-electron chi connectivity index (χ0n) is 19.9. The molecular formula is C24H35N3O4S. The quantitative estimate of drug-likeness (QED) is 0.684. The Morgan fingerprint density at radius 3 is 2.25 bits per heavy atom. The minimum absolute atomic E-state index is 0.0285. The van der Waals surface area contributed by atoms with E-state index in [2.05, 4.69) is 5.32 Å². The van der Waals surface area contributed by atoms with Crippen molar-refractivity contribution in [1.29, 1.82) is 0 Å². The fourth-order valence-corrected chi connectivity index (χ4v) is 6.46. The van der Waals surface area contributed by atoms with Gasteiger partial charge in [-0.05, 0) is 89.0 Å². The highest BCUT2D eigenvalue weighted by molar-refractivity contribution is 7.89. The Balaban J connectivity index is 1.64. The zero-order chi connectivity index (χ0) is 23.6. The molecule has 2 heterocycles. The maximum absolute atomic E-state index is 13.4. The Hall–Kier alpha value is -2.16. The highest BCUT2D eigenvalue weighted by Gasteiger charge is 2.34. The average molecular weight is 462 g/mol. The number of hydrogen-bond acceptors (Lipinski definition) is 5. The maximum Gasteiger partial charge on any atom is 0.243 e. The Morgan fingerprint density at radius 2 is 1.75 bits per heavy atom. The molecule has 1 aliphatic heterocycles. The van der Waals surface area contributed by atoms with Crippen molar-refractivity contribution in [2.24, 2.45) is 5.92 Å². The van der Waals surface area contributed by atoms with E-state index in [-0.39, 0.29) is 17.9 Å². The van der Waals surface area contributed by atoms with Crippen molar-refractivity contribution < 1.29 is 17.6 Å². The minimum Gasteiger partial charge on any atom is -0.468 e. The lowest BCUT2D eigenvalue weighted by Crippen LogP contribution is -2.44. The molecule has 1 aromatic carbocycles. The molecule has 3 rings (SSSR count). The van der Waals surface area contributed by atoms with Crippen LogP contribution < -0.4 is 5.32 Å². The van der Waals surface area contributed by atoms with Gasteiger partial charge in [0.15, 0.2) is 0 Å². The van der Waals surface area contributed by atoms with Gasteiger partial charge in [0.1, 0.15) is 5.76 Å². The highest BCUT2D eigenvalue weighted by atomic mass is 32.2. The number of sulfonamides is 1. The third-order valence-electron chi connectivity index (χ3n) is 6.68. The summed E-state index contributed by atoms with van der Waals surface area (Å²) in [6, 6.07) is 5.72. The SMILES string of the molecule is Cc1cc(C)c(C)c(S(=O)(=O)N2CCC(C(=O)NC[C@@H](c3ccco3)N(C)C)CC2)c1C. The molecule has 1 atom stereocenters. The predicted octanol–water partition coefficient (Wildman–Crippen LogP) is 3.33. The fourth-order valence-electron chi connectivity index (χ4n) is 4.42. The number of carbonyl (C=O) groups excluding carboxylic acids is 1. The number of nitrogens with zero attached hydrogens (tertiary/aromatic N) is 2. The van der Waals surface area contributed by atoms with Crippen molar-refractivity contribution in [3.63, 3.8) is 0 Å². The van der Waals surface area contributed by atoms with E-state index in [1.54, 1.807) is 6.26 Å². The first kappa shape index (κ1) is 24.5. The van der Waals surface area contributed by atoms with Crippen LogP contribution in [0.5, 0.6) is 0 Å². The van der Waals surface area contributed by atoms with Crippen LogP contribution >= 0.6 is 0 Å². The van der Waals surface area contributed by atoms with Gasteiger partial charge < -0.3 is 9.73 Å². The lowest BCUT2D eigenvalue weighted by atomic mass is 9.97. The third kappa shape index (κ3) is 4.92. The van der Waals surface area contributed by atoms with Crippen LogP contribution in [0.15, 0.2) is 33.8 Å². The van der Waals surface area contributed by atoms with E-state index in [4.69, 9.17) is 4.42 Å². The van der Waals surface area contributed by atoms with E-state index in [1.807, 2.05) is 64.9 Å². The molecule has 1 amide bonds. The van der Waals surface area contributed by atoms with E-state index in [0.29, 0.717) is 37.4 Å². The normalized spacial score (nSPS) is 17.0. The number of rotatable bonds is 7. The molecule has 1 fully saturated rings. The summed E-state index contributed by atoms with van der Waals surface area (Å²) in [4.78, 5) is 15.2. The van der Waals surface area contributed by atoms with Gasteiger partial charge in [-0.1, -0.05) is 6.07 Å². The maximum atomic E-state index is 13.4. The average Bonchev–Trinajstić information content (AvgIpc) is 3.26. The van der Waals surface area contributed by atoms with Crippen LogP contribution in [0, 0.1) is 33.6 Å². The van der Waals surface area contributed by atoms with Gasteiger partial charge in [-0.15, -0.1) is 0 Å². The van der Waals surface area contributed by atoms with E-state index in [9.17, 15) is 13.2 Å². The van der Waals surface area contributed by atoms with Crippen molar-refractivity contribution >= 4 is 15.9 Å². The van der Waals surface area contributed by atoms with Gasteiger partial charge in [0.25, 0.3) is 0 Å². The molecule has 0 spiro atoms. The van der Waals surface area contributed by atoms with Crippen LogP contribution in [0.2, 0.25) is 0 Å². The largest absolute Gasteiger partial charge is 0.468 e. The van der Waals surface area contributed by atoms with Crippen LogP contribution in [0.25, 0.3) is 0 Å². The molecule has 1 N–H and O–H groups in total. The first-order valence-corrected chi connectivity index (χ1v) is 12.5. The number of aryl methyl sites for hydroxylation is 2. The number of amides is 1. The van der Waals surface area contributed by atoms with Crippen molar-refractivity contribution in [2.75, 3.05) is 33.7 Å². The van der Waals surface area contributed by atoms with Gasteiger partial charge in [0.2, 0.25) is 15.9 Å². The van der Waals surface area contributed by atoms with E-state index < -0.39 is 10.0 Å². The van der Waals surface area contributed by atoms with Gasteiger partial charge in [-0.25, -0.2) is 8.42 Å². The summed E-state index contributed by atoms with van der Waals surface area (Å²) < 4.78 is 33.9. The zero-order valence-corrected chi connectivity index (χ0v) is 20.8. The van der Waals surface area contributed by atoms with Crippen molar-refractivity contribution in [3.8, 4) is 0 Å². The molecular weight excluding hydrogens is 426 g/mol. The van der Waals surface area contributed by atoms with Crippen LogP contribution in [0.4, 0.5) is 0 Å². The summed E-state index contributed by atoms with van der Waals surface area (Å²) in [6.45, 7) is 8.77. The Kier molecular flexibility index (Phi) is 7.47. The number of likely N-dealkylation sites (N-methyl/N-ethyl adjacent to an activating group) is 1. The minimum atomic E-state index is -3.60. The van der Waals surface area contributed by atoms with Crippen molar-refractivity contribution in [1.82, 2.24) is 14.5 Å². The number of nitrogens with one attached hydrogen (secondary N) is 1. The molecule has 0 aliphatic carbocycles. The lowest BCUT2D eigenvalue weighted by molar-refractivity contribution is -0.126. The van der Waals surface area contributed by atoms with Gasteiger partial charge in [0, 0.05) is 25.6 Å². The van der Waals surface area contributed by atoms with E-state index in [0.717, 1.165) is 28.0 Å². The third-order valence-corrected chi connectivity index (χ3v) is 8.86. The molecule has 0 bridgehead atoms. The van der Waals surface area contributed by atoms with Gasteiger partial charge >= 0.3 is 0 Å². The predicted molar refractivity (Wildman–Crippen MR) is 125 cm³/mol. The summed E-state index contributed by atoms with van der Waals surface area (Å²) in [5.74, 6) is 0.580. The number of carbonyl (C=O) groups is 1. The van der Waals surface area contributed by atoms with Crippen molar-refractivity contribution in [2.45, 2.75) is 51.5 Å². The Morgan fingerprint density at radius 1 is 1.16 bits per heavy atom. The standard InChI is InChI=1S/C24H35N3O4S/c1-16-14-17(2)19(4)23(18(16)3)32(29,30)27-11-9-20(10-12-27)24(28)25-15-21(26(5)6)22-8-7-13-31-22/h7-8,13-14,20-21H,9-12,15H2,1-6H3,(H,25,28)/t21-/m0/s1. The molecule has 8 heteroatoms. The molecule has 0 saturated carbocycles. The number of furan rings is 1. The summed E-state index contributed by atoms with van der Waals surface area (Å²) in [7, 11) is 0.287. The second-order valence-corrected chi connectivity index (χ2v) is 10.9. The Bertz CT molecular complexity index is 1030. The summed E-state index contributed by atoms with van der Waals surface area (Å²) in [5.41, 5.74) is 3.57. The first-order valence-electron chi connectivity index (χ1n) is 11.1. The molecule has 1 aromatic heterocycles. The molecule has 32 heavy (non-hydrogen) atoms. The Labute approximate surface area is 191 Å². The first-order chi connectivity index (χ1) is 15.0. The molecule has 176 valence electrons. The lowest BCUT2D eigenvalue weighted by Gasteiger charge is -2.32. The molecule has 2 aromatic rings. The van der Waals surface area contributed by atoms with Crippen LogP contribution in [-0.2, 0) is 14.8 Å². The summed E-state index contributed by atoms with van der Waals surface area (Å²) >= 11 is 0. The van der Waals surface area contributed by atoms with E-state index in [1.165, 1.54) is 4.31 Å². The fraction of sp³-hybridized carbons (Fsp3) is 0.542. The smallest absolute Gasteiger partial charge is 0.243 e. The molecule has 7 nitrogen and oxygen atoms in total. The summed E-state index contributed by atoms with van der Waals surface area (Å²) in [5, 5.41) is 3.03. The van der Waals surface area contributed by atoms with Crippen molar-refractivity contribution in [3.05, 3.63) is 52.5 Å². The van der Waals surface area contributed by atoms with Crippen LogP contribution in [0.1, 0.15) is 46.9 Å². The van der Waals surface area contributed by atoms with Gasteiger partial charge in [-0.3, -0.25) is 9.69 Å². The molecule has 1 saturated heterocycles. The number of hydrogen-bond donors (Lipinski definition) is 1. The van der Waals surface area contributed by atoms with E-state index >= 15 is 0 Å². The second-order valence-electron chi connectivity index (χ2n) is 9.01. The monoisotopic (exact) mass is 461 g/mol. The number of piperidine rings is 1. The molecule has 0 unspecified atom stereocenters. The highest BCUT2D eigenvalue weighted by Crippen LogP contribution is 2.31. The van der Waals surface area contributed by atoms with Gasteiger partial charge in [0.05, 0.1) is 17.2 Å². The topological polar surface area (TPSA) is 82.9 Å². The molecule has 1 aliphatic rings. The summed E-state index contributed by atoms with van der Waals surface area (Å²) in [6.07, 6.45) is 2.66. The van der Waals surface area contributed by atoms with Gasteiger partial charge in [-0.2, -0.15) is 4.31 Å². The second kappa shape index (κ2) is 9.77. The number of benzene rings is 1.